The molecule has 0 atom stereocenters. The van der Waals surface area contributed by atoms with Gasteiger partial charge in [0.2, 0.25) is 15.9 Å². The minimum atomic E-state index is -3.58. The number of hydrogen-bond acceptors (Lipinski definition) is 5. The highest BCUT2D eigenvalue weighted by Crippen LogP contribution is 2.26. The zero-order chi connectivity index (χ0) is 19.4. The SMILES string of the molecule is COc1ccc(S(=O)(=O)N2CCC(C(=O)Nc3ccccc3N)CC2)cc1.Cl. The molecule has 0 spiro atoms. The van der Waals surface area contributed by atoms with Crippen molar-refractivity contribution in [2.75, 3.05) is 31.2 Å². The van der Waals surface area contributed by atoms with Crippen molar-refractivity contribution < 1.29 is 17.9 Å². The third-order valence-electron chi connectivity index (χ3n) is 4.74. The molecule has 2 aromatic rings. The van der Waals surface area contributed by atoms with Gasteiger partial charge in [0.15, 0.2) is 0 Å². The predicted molar refractivity (Wildman–Crippen MR) is 111 cm³/mol. The Morgan fingerprint density at radius 3 is 2.29 bits per heavy atom. The molecule has 3 N–H and O–H groups in total. The number of piperidine rings is 1. The lowest BCUT2D eigenvalue weighted by molar-refractivity contribution is -0.120. The molecule has 3 rings (SSSR count). The molecule has 152 valence electrons. The first-order valence-electron chi connectivity index (χ1n) is 8.71. The van der Waals surface area contributed by atoms with Gasteiger partial charge in [-0.1, -0.05) is 12.1 Å². The van der Waals surface area contributed by atoms with E-state index in [9.17, 15) is 13.2 Å². The van der Waals surface area contributed by atoms with Gasteiger partial charge < -0.3 is 15.8 Å². The molecule has 1 aliphatic heterocycles. The second kappa shape index (κ2) is 9.27. The molecule has 7 nitrogen and oxygen atoms in total. The van der Waals surface area contributed by atoms with Gasteiger partial charge in [0.05, 0.1) is 23.4 Å². The van der Waals surface area contributed by atoms with Gasteiger partial charge >= 0.3 is 0 Å². The number of carbonyl (C=O) groups excluding carboxylic acids is 1. The number of hydrogen-bond donors (Lipinski definition) is 2. The summed E-state index contributed by atoms with van der Waals surface area (Å²) in [6.07, 6.45) is 0.932. The van der Waals surface area contributed by atoms with E-state index in [0.29, 0.717) is 43.1 Å². The van der Waals surface area contributed by atoms with E-state index in [-0.39, 0.29) is 29.1 Å². The lowest BCUT2D eigenvalue weighted by Gasteiger charge is -2.30. The highest BCUT2D eigenvalue weighted by molar-refractivity contribution is 7.89. The molecule has 9 heteroatoms. The van der Waals surface area contributed by atoms with Gasteiger partial charge in [-0.05, 0) is 49.2 Å². The smallest absolute Gasteiger partial charge is 0.243 e. The number of ether oxygens (including phenoxy) is 1. The van der Waals surface area contributed by atoms with Gasteiger partial charge in [0.1, 0.15) is 5.75 Å². The number of methoxy groups -OCH3 is 1. The number of rotatable bonds is 5. The van der Waals surface area contributed by atoms with Crippen LogP contribution in [-0.4, -0.2) is 38.8 Å². The number of nitrogens with two attached hydrogens (primary N) is 1. The molecule has 2 aromatic carbocycles. The lowest BCUT2D eigenvalue weighted by Crippen LogP contribution is -2.41. The van der Waals surface area contributed by atoms with Crippen LogP contribution in [0.2, 0.25) is 0 Å². The molecule has 28 heavy (non-hydrogen) atoms. The zero-order valence-corrected chi connectivity index (χ0v) is 17.1. The van der Waals surface area contributed by atoms with Crippen molar-refractivity contribution in [2.45, 2.75) is 17.7 Å². The van der Waals surface area contributed by atoms with Crippen LogP contribution in [0.25, 0.3) is 0 Å². The zero-order valence-electron chi connectivity index (χ0n) is 15.5. The number of nitrogens with zero attached hydrogens (tertiary/aromatic N) is 1. The standard InChI is InChI=1S/C19H23N3O4S.ClH/c1-26-15-6-8-16(9-7-15)27(24,25)22-12-10-14(11-13-22)19(23)21-18-5-3-2-4-17(18)20;/h2-9,14H,10-13,20H2,1H3,(H,21,23);1H. The van der Waals surface area contributed by atoms with Crippen molar-refractivity contribution in [3.63, 3.8) is 0 Å². The fourth-order valence-corrected chi connectivity index (χ4v) is 4.57. The van der Waals surface area contributed by atoms with E-state index in [0.717, 1.165) is 0 Å². The molecular weight excluding hydrogens is 402 g/mol. The number of amides is 1. The molecule has 0 saturated carbocycles. The second-order valence-electron chi connectivity index (χ2n) is 6.43. The number of para-hydroxylation sites is 2. The van der Waals surface area contributed by atoms with E-state index in [1.807, 2.05) is 0 Å². The third kappa shape index (κ3) is 4.76. The molecule has 1 fully saturated rings. The van der Waals surface area contributed by atoms with Crippen LogP contribution in [0.3, 0.4) is 0 Å². The number of nitrogens with one attached hydrogen (secondary N) is 1. The van der Waals surface area contributed by atoms with Gasteiger partial charge in [0.25, 0.3) is 0 Å². The Bertz CT molecular complexity index is 911. The van der Waals surface area contributed by atoms with Crippen LogP contribution in [0.5, 0.6) is 5.75 Å². The molecule has 0 unspecified atom stereocenters. The van der Waals surface area contributed by atoms with E-state index in [1.54, 1.807) is 36.4 Å². The maximum absolute atomic E-state index is 12.8. The molecular formula is C19H24ClN3O4S. The molecule has 0 bridgehead atoms. The van der Waals surface area contributed by atoms with Crippen molar-refractivity contribution in [2.24, 2.45) is 5.92 Å². The second-order valence-corrected chi connectivity index (χ2v) is 8.37. The summed E-state index contributed by atoms with van der Waals surface area (Å²) in [7, 11) is -2.05. The Balaban J connectivity index is 0.00000280. The van der Waals surface area contributed by atoms with Gasteiger partial charge in [0, 0.05) is 19.0 Å². The highest BCUT2D eigenvalue weighted by Gasteiger charge is 2.32. The van der Waals surface area contributed by atoms with E-state index in [4.69, 9.17) is 10.5 Å². The van der Waals surface area contributed by atoms with Crippen molar-refractivity contribution in [3.8, 4) is 5.75 Å². The predicted octanol–water partition coefficient (Wildman–Crippen LogP) is 2.74. The van der Waals surface area contributed by atoms with Crippen molar-refractivity contribution in [1.82, 2.24) is 4.31 Å². The van der Waals surface area contributed by atoms with Crippen molar-refractivity contribution in [1.29, 1.82) is 0 Å². The maximum atomic E-state index is 12.8. The van der Waals surface area contributed by atoms with E-state index >= 15 is 0 Å². The van der Waals surface area contributed by atoms with Crippen LogP contribution in [0.4, 0.5) is 11.4 Å². The largest absolute Gasteiger partial charge is 0.497 e. The number of anilines is 2. The van der Waals surface area contributed by atoms with Crippen molar-refractivity contribution >= 4 is 39.7 Å². The molecule has 0 radical (unpaired) electrons. The summed E-state index contributed by atoms with van der Waals surface area (Å²) in [4.78, 5) is 12.7. The van der Waals surface area contributed by atoms with Gasteiger partial charge in [-0.3, -0.25) is 4.79 Å². The number of carbonyl (C=O) groups is 1. The van der Waals surface area contributed by atoms with Crippen LogP contribution in [0, 0.1) is 5.92 Å². The summed E-state index contributed by atoms with van der Waals surface area (Å²) in [6, 6.07) is 13.4. The Hall–Kier alpha value is -2.29. The molecule has 0 aliphatic carbocycles. The molecule has 1 saturated heterocycles. The number of benzene rings is 2. The van der Waals surface area contributed by atoms with E-state index < -0.39 is 10.0 Å². The van der Waals surface area contributed by atoms with E-state index in [2.05, 4.69) is 5.32 Å². The fourth-order valence-electron chi connectivity index (χ4n) is 3.10. The van der Waals surface area contributed by atoms with Crippen LogP contribution in [0.15, 0.2) is 53.4 Å². The Kier molecular flexibility index (Phi) is 7.29. The Morgan fingerprint density at radius 1 is 1.11 bits per heavy atom. The van der Waals surface area contributed by atoms with Gasteiger partial charge in [-0.15, -0.1) is 12.4 Å². The quantitative estimate of drug-likeness (QED) is 0.717. The molecule has 1 amide bonds. The minimum absolute atomic E-state index is 0. The minimum Gasteiger partial charge on any atom is -0.497 e. The maximum Gasteiger partial charge on any atom is 0.243 e. The monoisotopic (exact) mass is 425 g/mol. The summed E-state index contributed by atoms with van der Waals surface area (Å²) in [5.74, 6) is 0.228. The molecule has 1 aliphatic rings. The fraction of sp³-hybridized carbons (Fsp3) is 0.316. The van der Waals surface area contributed by atoms with E-state index in [1.165, 1.54) is 23.5 Å². The summed E-state index contributed by atoms with van der Waals surface area (Å²) in [6.45, 7) is 0.605. The van der Waals surface area contributed by atoms with Gasteiger partial charge in [-0.2, -0.15) is 4.31 Å². The average Bonchev–Trinajstić information content (AvgIpc) is 2.70. The number of nitrogen functional groups attached to an aromatic ring is 1. The first-order chi connectivity index (χ1) is 12.9. The first kappa shape index (κ1) is 22.0. The van der Waals surface area contributed by atoms with Gasteiger partial charge in [-0.25, -0.2) is 8.42 Å². The third-order valence-corrected chi connectivity index (χ3v) is 6.65. The normalized spacial score (nSPS) is 15.5. The van der Waals surface area contributed by atoms with Crippen LogP contribution in [0.1, 0.15) is 12.8 Å². The molecule has 0 aromatic heterocycles. The Labute approximate surface area is 171 Å². The highest BCUT2D eigenvalue weighted by atomic mass is 35.5. The van der Waals surface area contributed by atoms with Crippen LogP contribution < -0.4 is 15.8 Å². The topological polar surface area (TPSA) is 102 Å². The number of sulfonamides is 1. The molecule has 1 heterocycles. The number of halogens is 1. The summed E-state index contributed by atoms with van der Waals surface area (Å²) >= 11 is 0. The van der Waals surface area contributed by atoms with Crippen LogP contribution >= 0.6 is 12.4 Å². The van der Waals surface area contributed by atoms with Crippen LogP contribution in [-0.2, 0) is 14.8 Å². The summed E-state index contributed by atoms with van der Waals surface area (Å²) < 4.78 is 32.0. The van der Waals surface area contributed by atoms with Crippen molar-refractivity contribution in [3.05, 3.63) is 48.5 Å². The summed E-state index contributed by atoms with van der Waals surface area (Å²) in [5.41, 5.74) is 6.94. The first-order valence-corrected chi connectivity index (χ1v) is 10.2. The average molecular weight is 426 g/mol. The summed E-state index contributed by atoms with van der Waals surface area (Å²) in [5, 5.41) is 2.83. The Morgan fingerprint density at radius 2 is 1.71 bits per heavy atom. The lowest BCUT2D eigenvalue weighted by atomic mass is 9.97.